The summed E-state index contributed by atoms with van der Waals surface area (Å²) < 4.78 is 0. The van der Waals surface area contributed by atoms with Gasteiger partial charge < -0.3 is 0 Å². The largest absolute Gasteiger partial charge is 0.197 e. The second kappa shape index (κ2) is 23.3. The average molecular weight is 437 g/mol. The van der Waals surface area contributed by atoms with Crippen molar-refractivity contribution in [1.29, 1.82) is 0 Å². The van der Waals surface area contributed by atoms with Crippen molar-refractivity contribution in [3.05, 3.63) is 0 Å². The van der Waals surface area contributed by atoms with Gasteiger partial charge in [-0.2, -0.15) is 13.5 Å². The highest BCUT2D eigenvalue weighted by Crippen LogP contribution is 2.49. The Kier molecular flexibility index (Phi) is 26.0. The van der Waals surface area contributed by atoms with Gasteiger partial charge in [0.25, 0.3) is 0 Å². The molecule has 3 heteroatoms. The third-order valence-electron chi connectivity index (χ3n) is 5.76. The number of hydrogen-bond acceptors (Lipinski definition) is 1. The van der Waals surface area contributed by atoms with Crippen molar-refractivity contribution >= 4 is 31.3 Å². The summed E-state index contributed by atoms with van der Waals surface area (Å²) in [5.41, 5.74) is 0. The van der Waals surface area contributed by atoms with Gasteiger partial charge in [0.15, 0.2) is 0 Å². The minimum absolute atomic E-state index is 0. The second-order valence-corrected chi connectivity index (χ2v) is 14.3. The first-order valence-corrected chi connectivity index (χ1v) is 15.6. The van der Waals surface area contributed by atoms with Crippen molar-refractivity contribution < 1.29 is 0 Å². The zero-order valence-electron chi connectivity index (χ0n) is 19.2. The summed E-state index contributed by atoms with van der Waals surface area (Å²) in [6.45, 7) is 6.92. The Labute approximate surface area is 185 Å². The van der Waals surface area contributed by atoms with Crippen molar-refractivity contribution in [2.24, 2.45) is 0 Å². The molecule has 0 spiro atoms. The molecule has 0 amide bonds. The molecule has 27 heavy (non-hydrogen) atoms. The van der Waals surface area contributed by atoms with E-state index in [9.17, 15) is 0 Å². The molecule has 0 rings (SSSR count). The molecule has 0 bridgehead atoms. The van der Waals surface area contributed by atoms with E-state index in [0.717, 1.165) is 0 Å². The Hall–Kier alpha value is 1.00. The van der Waals surface area contributed by atoms with E-state index in [4.69, 9.17) is 11.8 Å². The molecule has 0 N–H and O–H groups in total. The van der Waals surface area contributed by atoms with Crippen LogP contribution >= 0.6 is 19.5 Å². The molecule has 0 atom stereocenters. The minimum atomic E-state index is -1.05. The predicted molar refractivity (Wildman–Crippen MR) is 139 cm³/mol. The van der Waals surface area contributed by atoms with Gasteiger partial charge >= 0.3 is 0 Å². The van der Waals surface area contributed by atoms with E-state index >= 15 is 0 Å². The Morgan fingerprint density at radius 1 is 0.407 bits per heavy atom. The second-order valence-electron chi connectivity index (χ2n) is 8.53. The zero-order chi connectivity index (χ0) is 19.3. The van der Waals surface area contributed by atoms with Crippen LogP contribution in [0.15, 0.2) is 0 Å². The van der Waals surface area contributed by atoms with Gasteiger partial charge in [-0.25, -0.2) is 0 Å². The van der Waals surface area contributed by atoms with Crippen LogP contribution in [0.5, 0.6) is 0 Å². The van der Waals surface area contributed by atoms with E-state index in [-0.39, 0.29) is 13.5 Å². The van der Waals surface area contributed by atoms with Crippen LogP contribution in [0.4, 0.5) is 0 Å². The number of hydrogen-bond donors (Lipinski definition) is 0. The summed E-state index contributed by atoms with van der Waals surface area (Å²) in [4.78, 5) is 0. The summed E-state index contributed by atoms with van der Waals surface area (Å²) in [7, 11) is 0. The molecular weight excluding hydrogens is 383 g/mol. The first-order chi connectivity index (χ1) is 12.7. The summed E-state index contributed by atoms with van der Waals surface area (Å²) in [5.74, 6) is 0. The first-order valence-electron chi connectivity index (χ1n) is 12.3. The van der Waals surface area contributed by atoms with Crippen LogP contribution in [0, 0.1) is 0 Å². The lowest BCUT2D eigenvalue weighted by Crippen LogP contribution is -2.01. The highest BCUT2D eigenvalue weighted by atomic mass is 32.4. The smallest absolute Gasteiger partial charge is 0.0235 e. The summed E-state index contributed by atoms with van der Waals surface area (Å²) >= 11 is 6.32. The Morgan fingerprint density at radius 3 is 0.889 bits per heavy atom. The van der Waals surface area contributed by atoms with Crippen molar-refractivity contribution in [3.63, 3.8) is 0 Å². The van der Waals surface area contributed by atoms with Gasteiger partial charge in [0.2, 0.25) is 0 Å². The summed E-state index contributed by atoms with van der Waals surface area (Å²) in [6, 6.07) is -1.05. The minimum Gasteiger partial charge on any atom is -0.197 e. The number of unbranched alkanes of at least 4 members (excludes halogenated alkanes) is 15. The third kappa shape index (κ3) is 21.5. The molecule has 0 nitrogen and oxygen atoms in total. The molecule has 0 aromatic carbocycles. The van der Waals surface area contributed by atoms with Gasteiger partial charge in [0, 0.05) is 0 Å². The lowest BCUT2D eigenvalue weighted by molar-refractivity contribution is 0.617. The summed E-state index contributed by atoms with van der Waals surface area (Å²) in [5, 5.41) is 0. The quantitative estimate of drug-likeness (QED) is 0.127. The highest BCUT2D eigenvalue weighted by Gasteiger charge is 2.16. The van der Waals surface area contributed by atoms with E-state index < -0.39 is 6.04 Å². The summed E-state index contributed by atoms with van der Waals surface area (Å²) in [6.07, 6.45) is 29.8. The van der Waals surface area contributed by atoms with Crippen LogP contribution in [0.1, 0.15) is 136 Å². The van der Waals surface area contributed by atoms with E-state index in [1.165, 1.54) is 134 Å². The zero-order valence-corrected chi connectivity index (χ0v) is 21.9. The molecular formula is C24H53PS2. The van der Waals surface area contributed by atoms with Gasteiger partial charge in [-0.15, -0.1) is 0 Å². The van der Waals surface area contributed by atoms with Crippen molar-refractivity contribution in [2.75, 3.05) is 18.5 Å². The molecule has 0 unspecified atom stereocenters. The van der Waals surface area contributed by atoms with E-state index in [1.54, 1.807) is 0 Å². The fourth-order valence-electron chi connectivity index (χ4n) is 3.88. The molecule has 0 saturated carbocycles. The maximum atomic E-state index is 6.32. The fourth-order valence-corrected chi connectivity index (χ4v) is 8.11. The molecule has 0 aliphatic rings. The Bertz CT molecular complexity index is 270. The molecule has 0 aliphatic heterocycles. The van der Waals surface area contributed by atoms with Gasteiger partial charge in [0.1, 0.15) is 0 Å². The van der Waals surface area contributed by atoms with Crippen molar-refractivity contribution in [1.82, 2.24) is 0 Å². The fraction of sp³-hybridized carbons (Fsp3) is 1.00. The monoisotopic (exact) mass is 436 g/mol. The van der Waals surface area contributed by atoms with E-state index in [1.807, 2.05) is 0 Å². The van der Waals surface area contributed by atoms with Crippen LogP contribution in [0.2, 0.25) is 0 Å². The molecule has 0 aromatic heterocycles. The maximum absolute atomic E-state index is 6.32. The van der Waals surface area contributed by atoms with Crippen LogP contribution in [-0.4, -0.2) is 18.5 Å². The Balaban J connectivity index is 0. The van der Waals surface area contributed by atoms with Crippen LogP contribution < -0.4 is 0 Å². The molecule has 166 valence electrons. The lowest BCUT2D eigenvalue weighted by Gasteiger charge is -2.22. The lowest BCUT2D eigenvalue weighted by atomic mass is 10.1. The van der Waals surface area contributed by atoms with Crippen molar-refractivity contribution in [3.8, 4) is 0 Å². The van der Waals surface area contributed by atoms with Crippen molar-refractivity contribution in [2.45, 2.75) is 136 Å². The highest BCUT2D eigenvalue weighted by molar-refractivity contribution is 8.14. The first kappa shape index (κ1) is 30.2. The van der Waals surface area contributed by atoms with Gasteiger partial charge in [0.05, 0.1) is 0 Å². The standard InChI is InChI=1S/C24H51PS.H2S/c1-4-7-10-13-16-19-22-25(26,23-20-17-14-11-8-5-2)24-21-18-15-12-9-6-3;/h4-24H2,1-3H3;1H2. The van der Waals surface area contributed by atoms with Gasteiger partial charge in [-0.05, 0) is 43.8 Å². The van der Waals surface area contributed by atoms with Gasteiger partial charge in [-0.1, -0.05) is 129 Å². The van der Waals surface area contributed by atoms with Crippen LogP contribution in [-0.2, 0) is 11.8 Å². The molecule has 0 saturated heterocycles. The van der Waals surface area contributed by atoms with Gasteiger partial charge in [-0.3, -0.25) is 0 Å². The molecule has 0 heterocycles. The maximum Gasteiger partial charge on any atom is -0.0235 e. The van der Waals surface area contributed by atoms with E-state index in [0.29, 0.717) is 0 Å². The van der Waals surface area contributed by atoms with Crippen LogP contribution in [0.25, 0.3) is 0 Å². The third-order valence-corrected chi connectivity index (χ3v) is 10.8. The Morgan fingerprint density at radius 2 is 0.630 bits per heavy atom. The molecule has 0 aliphatic carbocycles. The molecule has 0 fully saturated rings. The average Bonchev–Trinajstić information content (AvgIpc) is 2.64. The number of rotatable bonds is 21. The normalized spacial score (nSPS) is 11.5. The SMILES string of the molecule is CCCCCCCCP(=S)(CCCCCCCC)CCCCCCCC.S. The van der Waals surface area contributed by atoms with E-state index in [2.05, 4.69) is 20.8 Å². The molecule has 0 radical (unpaired) electrons. The molecule has 0 aromatic rings. The van der Waals surface area contributed by atoms with Crippen LogP contribution in [0.3, 0.4) is 0 Å². The predicted octanol–water partition coefficient (Wildman–Crippen LogP) is 9.66. The topological polar surface area (TPSA) is 0 Å².